The van der Waals surface area contributed by atoms with E-state index >= 15 is 0 Å². The molecular formula is C19H23BrN2O2. The third-order valence-electron chi connectivity index (χ3n) is 3.74. The zero-order valence-corrected chi connectivity index (χ0v) is 15.7. The summed E-state index contributed by atoms with van der Waals surface area (Å²) in [7, 11) is 0. The summed E-state index contributed by atoms with van der Waals surface area (Å²) in [5, 5.41) is 2.87. The van der Waals surface area contributed by atoms with Crippen molar-refractivity contribution < 1.29 is 9.53 Å². The van der Waals surface area contributed by atoms with Crippen molar-refractivity contribution >= 4 is 27.5 Å². The van der Waals surface area contributed by atoms with Gasteiger partial charge in [-0.2, -0.15) is 0 Å². The van der Waals surface area contributed by atoms with Gasteiger partial charge in [0.25, 0.3) is 5.91 Å². The van der Waals surface area contributed by atoms with Crippen molar-refractivity contribution in [2.24, 2.45) is 0 Å². The number of ether oxygens (including phenoxy) is 1. The first-order valence-corrected chi connectivity index (χ1v) is 8.90. The number of nitrogens with one attached hydrogen (secondary N) is 1. The van der Waals surface area contributed by atoms with Crippen molar-refractivity contribution in [3.05, 3.63) is 58.6 Å². The van der Waals surface area contributed by atoms with E-state index in [9.17, 15) is 4.79 Å². The second-order valence-corrected chi connectivity index (χ2v) is 6.27. The maximum atomic E-state index is 11.9. The maximum Gasteiger partial charge on any atom is 0.258 e. The van der Waals surface area contributed by atoms with E-state index in [0.717, 1.165) is 23.1 Å². The first-order chi connectivity index (χ1) is 11.6. The Bertz CT molecular complexity index is 637. The lowest BCUT2D eigenvalue weighted by atomic mass is 10.2. The maximum absolute atomic E-state index is 11.9. The number of hydrogen-bond donors (Lipinski definition) is 1. The molecule has 0 aliphatic rings. The monoisotopic (exact) mass is 390 g/mol. The normalized spacial score (nSPS) is 10.3. The van der Waals surface area contributed by atoms with E-state index in [1.807, 2.05) is 36.4 Å². The quantitative estimate of drug-likeness (QED) is 0.740. The molecule has 0 unspecified atom stereocenters. The molecule has 1 amide bonds. The molecule has 2 aromatic carbocycles. The fourth-order valence-electron chi connectivity index (χ4n) is 2.34. The van der Waals surface area contributed by atoms with Crippen LogP contribution in [-0.2, 0) is 11.3 Å². The van der Waals surface area contributed by atoms with Crippen molar-refractivity contribution in [1.82, 2.24) is 5.32 Å². The molecule has 0 saturated carbocycles. The topological polar surface area (TPSA) is 41.6 Å². The van der Waals surface area contributed by atoms with Gasteiger partial charge >= 0.3 is 0 Å². The molecule has 2 rings (SSSR count). The summed E-state index contributed by atoms with van der Waals surface area (Å²) in [6.07, 6.45) is 0. The minimum atomic E-state index is -0.134. The molecule has 0 heterocycles. The predicted octanol–water partition coefficient (Wildman–Crippen LogP) is 3.99. The highest BCUT2D eigenvalue weighted by atomic mass is 79.9. The summed E-state index contributed by atoms with van der Waals surface area (Å²) in [6, 6.07) is 15.7. The third-order valence-corrected chi connectivity index (χ3v) is 4.27. The van der Waals surface area contributed by atoms with Crippen LogP contribution in [0.3, 0.4) is 0 Å². The number of hydrogen-bond acceptors (Lipinski definition) is 3. The van der Waals surface area contributed by atoms with Crippen LogP contribution >= 0.6 is 15.9 Å². The number of halogens is 1. The molecule has 0 aliphatic heterocycles. The zero-order valence-electron chi connectivity index (χ0n) is 14.1. The standard InChI is InChI=1S/C19H23BrN2O2/c1-3-22(4-2)17-9-5-15(6-10-17)13-21-19(23)14-24-18-11-7-16(20)8-12-18/h5-12H,3-4,13-14H2,1-2H3,(H,21,23). The molecule has 0 aliphatic carbocycles. The minimum absolute atomic E-state index is 0.0131. The molecule has 1 N–H and O–H groups in total. The molecule has 0 fully saturated rings. The summed E-state index contributed by atoms with van der Waals surface area (Å²) in [5.74, 6) is 0.544. The minimum Gasteiger partial charge on any atom is -0.484 e. The van der Waals surface area contributed by atoms with Gasteiger partial charge in [-0.1, -0.05) is 28.1 Å². The molecule has 0 bridgehead atoms. The Balaban J connectivity index is 1.78. The second-order valence-electron chi connectivity index (χ2n) is 5.36. The summed E-state index contributed by atoms with van der Waals surface area (Å²) in [6.45, 7) is 6.77. The van der Waals surface area contributed by atoms with Crippen LogP contribution in [0.2, 0.25) is 0 Å². The van der Waals surface area contributed by atoms with E-state index in [4.69, 9.17) is 4.74 Å². The van der Waals surface area contributed by atoms with Gasteiger partial charge in [0.15, 0.2) is 6.61 Å². The van der Waals surface area contributed by atoms with Gasteiger partial charge in [-0.25, -0.2) is 0 Å². The SMILES string of the molecule is CCN(CC)c1ccc(CNC(=O)COc2ccc(Br)cc2)cc1. The van der Waals surface area contributed by atoms with Crippen molar-refractivity contribution in [1.29, 1.82) is 0 Å². The van der Waals surface area contributed by atoms with Crippen LogP contribution < -0.4 is 15.0 Å². The number of carbonyl (C=O) groups excluding carboxylic acids is 1. The number of anilines is 1. The lowest BCUT2D eigenvalue weighted by Crippen LogP contribution is -2.28. The van der Waals surface area contributed by atoms with Gasteiger partial charge in [0, 0.05) is 29.8 Å². The van der Waals surface area contributed by atoms with Gasteiger partial charge in [-0.05, 0) is 55.8 Å². The molecule has 2 aromatic rings. The molecule has 0 spiro atoms. The number of nitrogens with zero attached hydrogens (tertiary/aromatic N) is 1. The highest BCUT2D eigenvalue weighted by molar-refractivity contribution is 9.10. The third kappa shape index (κ3) is 5.57. The summed E-state index contributed by atoms with van der Waals surface area (Å²) in [5.41, 5.74) is 2.27. The molecular weight excluding hydrogens is 368 g/mol. The fraction of sp³-hybridized carbons (Fsp3) is 0.316. The van der Waals surface area contributed by atoms with Crippen LogP contribution in [0.15, 0.2) is 53.0 Å². The van der Waals surface area contributed by atoms with Crippen LogP contribution in [0, 0.1) is 0 Å². The van der Waals surface area contributed by atoms with Crippen LogP contribution in [-0.4, -0.2) is 25.6 Å². The average molecular weight is 391 g/mol. The molecule has 0 saturated heterocycles. The number of rotatable bonds is 8. The van der Waals surface area contributed by atoms with Gasteiger partial charge in [-0.15, -0.1) is 0 Å². The van der Waals surface area contributed by atoms with E-state index in [1.165, 1.54) is 5.69 Å². The molecule has 0 atom stereocenters. The Kier molecular flexibility index (Phi) is 7.12. The Hall–Kier alpha value is -2.01. The number of carbonyl (C=O) groups is 1. The molecule has 0 radical (unpaired) electrons. The molecule has 24 heavy (non-hydrogen) atoms. The van der Waals surface area contributed by atoms with Crippen molar-refractivity contribution in [3.63, 3.8) is 0 Å². The van der Waals surface area contributed by atoms with E-state index in [-0.39, 0.29) is 12.5 Å². The van der Waals surface area contributed by atoms with Gasteiger partial charge < -0.3 is 15.0 Å². The van der Waals surface area contributed by atoms with Crippen LogP contribution in [0.1, 0.15) is 19.4 Å². The van der Waals surface area contributed by atoms with E-state index in [2.05, 4.69) is 52.1 Å². The molecule has 128 valence electrons. The molecule has 4 nitrogen and oxygen atoms in total. The first-order valence-electron chi connectivity index (χ1n) is 8.11. The van der Waals surface area contributed by atoms with E-state index in [0.29, 0.717) is 12.3 Å². The zero-order chi connectivity index (χ0) is 17.4. The lowest BCUT2D eigenvalue weighted by Gasteiger charge is -2.21. The Labute approximate surface area is 151 Å². The number of benzene rings is 2. The van der Waals surface area contributed by atoms with Crippen LogP contribution in [0.4, 0.5) is 5.69 Å². The lowest BCUT2D eigenvalue weighted by molar-refractivity contribution is -0.123. The van der Waals surface area contributed by atoms with Gasteiger partial charge in [0.1, 0.15) is 5.75 Å². The van der Waals surface area contributed by atoms with E-state index < -0.39 is 0 Å². The van der Waals surface area contributed by atoms with Crippen molar-refractivity contribution in [2.75, 3.05) is 24.6 Å². The largest absolute Gasteiger partial charge is 0.484 e. The Morgan fingerprint density at radius 1 is 1.04 bits per heavy atom. The fourth-order valence-corrected chi connectivity index (χ4v) is 2.61. The van der Waals surface area contributed by atoms with Gasteiger partial charge in [0.05, 0.1) is 0 Å². The van der Waals surface area contributed by atoms with Crippen LogP contribution in [0.25, 0.3) is 0 Å². The van der Waals surface area contributed by atoms with Crippen LogP contribution in [0.5, 0.6) is 5.75 Å². The molecule has 0 aromatic heterocycles. The second kappa shape index (κ2) is 9.33. The van der Waals surface area contributed by atoms with Crippen molar-refractivity contribution in [2.45, 2.75) is 20.4 Å². The van der Waals surface area contributed by atoms with E-state index in [1.54, 1.807) is 0 Å². The summed E-state index contributed by atoms with van der Waals surface area (Å²) in [4.78, 5) is 14.2. The Morgan fingerprint density at radius 2 is 1.67 bits per heavy atom. The predicted molar refractivity (Wildman–Crippen MR) is 101 cm³/mol. The number of amides is 1. The average Bonchev–Trinajstić information content (AvgIpc) is 2.61. The summed E-state index contributed by atoms with van der Waals surface area (Å²) < 4.78 is 6.43. The first kappa shape index (κ1) is 18.3. The van der Waals surface area contributed by atoms with Gasteiger partial charge in [-0.3, -0.25) is 4.79 Å². The van der Waals surface area contributed by atoms with Gasteiger partial charge in [0.2, 0.25) is 0 Å². The summed E-state index contributed by atoms with van der Waals surface area (Å²) >= 11 is 3.36. The highest BCUT2D eigenvalue weighted by Gasteiger charge is 2.04. The van der Waals surface area contributed by atoms with Crippen molar-refractivity contribution in [3.8, 4) is 5.75 Å². The smallest absolute Gasteiger partial charge is 0.258 e. The molecule has 5 heteroatoms. The Morgan fingerprint density at radius 3 is 2.25 bits per heavy atom. The highest BCUT2D eigenvalue weighted by Crippen LogP contribution is 2.16.